The van der Waals surface area contributed by atoms with E-state index in [-0.39, 0.29) is 11.9 Å². The Kier molecular flexibility index (Phi) is 8.40. The first-order chi connectivity index (χ1) is 15.1. The molecule has 1 aromatic carbocycles. The number of methoxy groups -OCH3 is 2. The Bertz CT molecular complexity index is 756. The zero-order valence-corrected chi connectivity index (χ0v) is 19.4. The number of likely N-dealkylation sites (tertiary alicyclic amines) is 1. The van der Waals surface area contributed by atoms with Gasteiger partial charge in [0.1, 0.15) is 0 Å². The van der Waals surface area contributed by atoms with Crippen molar-refractivity contribution in [2.45, 2.75) is 39.3 Å². The lowest BCUT2D eigenvalue weighted by atomic mass is 10.2. The van der Waals surface area contributed by atoms with Gasteiger partial charge in [0.05, 0.1) is 26.8 Å². The summed E-state index contributed by atoms with van der Waals surface area (Å²) in [5, 5.41) is 3.41. The van der Waals surface area contributed by atoms with Crippen LogP contribution in [0.1, 0.15) is 32.3 Å². The molecule has 0 aromatic heterocycles. The molecule has 1 amide bonds. The highest BCUT2D eigenvalue weighted by atomic mass is 16.5. The van der Waals surface area contributed by atoms with Crippen molar-refractivity contribution in [3.63, 3.8) is 0 Å². The number of nitrogens with zero attached hydrogens (tertiary/aromatic N) is 4. The van der Waals surface area contributed by atoms with Crippen LogP contribution in [0.25, 0.3) is 0 Å². The Hall–Kier alpha value is -2.48. The second kappa shape index (κ2) is 11.2. The number of aliphatic imine (C=N–C) groups is 1. The maximum atomic E-state index is 12.7. The maximum Gasteiger partial charge on any atom is 0.239 e. The first-order valence-corrected chi connectivity index (χ1v) is 11.3. The van der Waals surface area contributed by atoms with Crippen molar-refractivity contribution in [3.8, 4) is 11.5 Å². The SMILES string of the molecule is CCNC(=NCc1ccc(OC)c(OC)c1)N1CCN(C(C)C(=O)N2CCCC2)CC1. The summed E-state index contributed by atoms with van der Waals surface area (Å²) in [5.41, 5.74) is 1.07. The number of nitrogens with one attached hydrogen (secondary N) is 1. The van der Waals surface area contributed by atoms with E-state index in [9.17, 15) is 4.79 Å². The molecule has 2 aliphatic rings. The minimum Gasteiger partial charge on any atom is -0.493 e. The number of hydrogen-bond donors (Lipinski definition) is 1. The van der Waals surface area contributed by atoms with Crippen molar-refractivity contribution in [1.82, 2.24) is 20.0 Å². The van der Waals surface area contributed by atoms with Gasteiger partial charge < -0.3 is 24.6 Å². The van der Waals surface area contributed by atoms with Gasteiger partial charge in [-0.05, 0) is 44.4 Å². The number of hydrogen-bond acceptors (Lipinski definition) is 5. The molecule has 1 atom stereocenters. The van der Waals surface area contributed by atoms with Gasteiger partial charge >= 0.3 is 0 Å². The van der Waals surface area contributed by atoms with Crippen LogP contribution in [-0.4, -0.2) is 92.6 Å². The number of piperazine rings is 1. The first-order valence-electron chi connectivity index (χ1n) is 11.3. The van der Waals surface area contributed by atoms with E-state index in [1.807, 2.05) is 30.0 Å². The predicted octanol–water partition coefficient (Wildman–Crippen LogP) is 1.80. The summed E-state index contributed by atoms with van der Waals surface area (Å²) in [5.74, 6) is 2.62. The molecule has 0 spiro atoms. The van der Waals surface area contributed by atoms with Crippen LogP contribution < -0.4 is 14.8 Å². The molecule has 1 N–H and O–H groups in total. The third-order valence-electron chi connectivity index (χ3n) is 6.13. The molecule has 0 radical (unpaired) electrons. The lowest BCUT2D eigenvalue weighted by Crippen LogP contribution is -2.57. The molecule has 3 rings (SSSR count). The molecule has 31 heavy (non-hydrogen) atoms. The van der Waals surface area contributed by atoms with Crippen molar-refractivity contribution in [2.24, 2.45) is 4.99 Å². The second-order valence-corrected chi connectivity index (χ2v) is 8.09. The maximum absolute atomic E-state index is 12.7. The van der Waals surface area contributed by atoms with Crippen LogP contribution in [0.15, 0.2) is 23.2 Å². The van der Waals surface area contributed by atoms with Gasteiger partial charge in [-0.25, -0.2) is 4.99 Å². The molecule has 0 bridgehead atoms. The number of carbonyl (C=O) groups excluding carboxylic acids is 1. The van der Waals surface area contributed by atoms with Crippen LogP contribution in [0.3, 0.4) is 0 Å². The van der Waals surface area contributed by atoms with Gasteiger partial charge in [0.25, 0.3) is 0 Å². The Labute approximate surface area is 186 Å². The summed E-state index contributed by atoms with van der Waals surface area (Å²) in [6, 6.07) is 5.84. The largest absolute Gasteiger partial charge is 0.493 e. The van der Waals surface area contributed by atoms with E-state index in [0.717, 1.165) is 75.9 Å². The summed E-state index contributed by atoms with van der Waals surface area (Å²) in [4.78, 5) is 24.2. The van der Waals surface area contributed by atoms with Crippen molar-refractivity contribution in [1.29, 1.82) is 0 Å². The van der Waals surface area contributed by atoms with E-state index in [0.29, 0.717) is 12.3 Å². The Morgan fingerprint density at radius 1 is 1.03 bits per heavy atom. The second-order valence-electron chi connectivity index (χ2n) is 8.09. The van der Waals surface area contributed by atoms with Gasteiger partial charge in [0.2, 0.25) is 5.91 Å². The molecule has 2 fully saturated rings. The van der Waals surface area contributed by atoms with Crippen LogP contribution in [0.5, 0.6) is 11.5 Å². The summed E-state index contributed by atoms with van der Waals surface area (Å²) >= 11 is 0. The number of benzene rings is 1. The van der Waals surface area contributed by atoms with E-state index < -0.39 is 0 Å². The summed E-state index contributed by atoms with van der Waals surface area (Å²) in [7, 11) is 3.28. The van der Waals surface area contributed by atoms with Gasteiger partial charge in [-0.2, -0.15) is 0 Å². The van der Waals surface area contributed by atoms with Crippen LogP contribution in [0.4, 0.5) is 0 Å². The number of rotatable bonds is 7. The molecular weight excluding hydrogens is 394 g/mol. The average molecular weight is 432 g/mol. The number of guanidine groups is 1. The molecule has 1 aromatic rings. The smallest absolute Gasteiger partial charge is 0.239 e. The fourth-order valence-electron chi connectivity index (χ4n) is 4.25. The van der Waals surface area contributed by atoms with Crippen LogP contribution >= 0.6 is 0 Å². The summed E-state index contributed by atoms with van der Waals surface area (Å²) in [6.45, 7) is 10.8. The fourth-order valence-corrected chi connectivity index (χ4v) is 4.25. The predicted molar refractivity (Wildman–Crippen MR) is 123 cm³/mol. The van der Waals surface area contributed by atoms with E-state index in [1.165, 1.54) is 0 Å². The van der Waals surface area contributed by atoms with E-state index in [2.05, 4.69) is 22.0 Å². The molecular formula is C23H37N5O3. The fraction of sp³-hybridized carbons (Fsp3) is 0.652. The van der Waals surface area contributed by atoms with Gasteiger partial charge in [0, 0.05) is 45.8 Å². The number of ether oxygens (including phenoxy) is 2. The highest BCUT2D eigenvalue weighted by molar-refractivity contribution is 5.82. The summed E-state index contributed by atoms with van der Waals surface area (Å²) in [6.07, 6.45) is 2.27. The zero-order chi connectivity index (χ0) is 22.2. The lowest BCUT2D eigenvalue weighted by molar-refractivity contribution is -0.135. The van der Waals surface area contributed by atoms with Gasteiger partial charge in [0.15, 0.2) is 17.5 Å². The number of carbonyl (C=O) groups is 1. The Balaban J connectivity index is 1.59. The molecule has 8 nitrogen and oxygen atoms in total. The third-order valence-corrected chi connectivity index (χ3v) is 6.13. The van der Waals surface area contributed by atoms with Crippen LogP contribution in [0, 0.1) is 0 Å². The standard InChI is InChI=1S/C23H37N5O3/c1-5-24-23(25-17-19-8-9-20(30-3)21(16-19)31-4)28-14-12-26(13-15-28)18(2)22(29)27-10-6-7-11-27/h8-9,16,18H,5-7,10-15,17H2,1-4H3,(H,24,25). The molecule has 172 valence electrons. The average Bonchev–Trinajstić information content (AvgIpc) is 3.35. The minimum atomic E-state index is -0.0495. The molecule has 2 heterocycles. The minimum absolute atomic E-state index is 0.0495. The van der Waals surface area contributed by atoms with Crippen molar-refractivity contribution >= 4 is 11.9 Å². The monoisotopic (exact) mass is 431 g/mol. The molecule has 1 unspecified atom stereocenters. The Morgan fingerprint density at radius 3 is 2.32 bits per heavy atom. The normalized spacial score (nSPS) is 18.8. The lowest BCUT2D eigenvalue weighted by Gasteiger charge is -2.39. The first kappa shape index (κ1) is 23.2. The van der Waals surface area contributed by atoms with E-state index >= 15 is 0 Å². The Morgan fingerprint density at radius 2 is 1.71 bits per heavy atom. The highest BCUT2D eigenvalue weighted by Crippen LogP contribution is 2.27. The zero-order valence-electron chi connectivity index (χ0n) is 19.4. The van der Waals surface area contributed by atoms with Crippen molar-refractivity contribution in [3.05, 3.63) is 23.8 Å². The molecule has 2 saturated heterocycles. The molecule has 2 aliphatic heterocycles. The molecule has 0 aliphatic carbocycles. The van der Waals surface area contributed by atoms with Crippen molar-refractivity contribution in [2.75, 3.05) is 60.0 Å². The topological polar surface area (TPSA) is 69.6 Å². The molecule has 8 heteroatoms. The highest BCUT2D eigenvalue weighted by Gasteiger charge is 2.30. The van der Waals surface area contributed by atoms with Crippen LogP contribution in [-0.2, 0) is 11.3 Å². The quantitative estimate of drug-likeness (QED) is 0.524. The third kappa shape index (κ3) is 5.81. The number of amides is 1. The van der Waals surface area contributed by atoms with E-state index in [1.54, 1.807) is 14.2 Å². The van der Waals surface area contributed by atoms with Gasteiger partial charge in [-0.3, -0.25) is 9.69 Å². The van der Waals surface area contributed by atoms with Crippen molar-refractivity contribution < 1.29 is 14.3 Å². The van der Waals surface area contributed by atoms with Gasteiger partial charge in [-0.1, -0.05) is 6.07 Å². The summed E-state index contributed by atoms with van der Waals surface area (Å²) < 4.78 is 10.7. The molecule has 0 saturated carbocycles. The van der Waals surface area contributed by atoms with Crippen LogP contribution in [0.2, 0.25) is 0 Å². The van der Waals surface area contributed by atoms with Gasteiger partial charge in [-0.15, -0.1) is 0 Å². The van der Waals surface area contributed by atoms with E-state index in [4.69, 9.17) is 14.5 Å².